The molecular weight excluding hydrogens is 326 g/mol. The summed E-state index contributed by atoms with van der Waals surface area (Å²) in [6.45, 7) is 5.04. The Balaban J connectivity index is 1.48. The topological polar surface area (TPSA) is 46.3 Å². The molecule has 0 radical (unpaired) electrons. The lowest BCUT2D eigenvalue weighted by Crippen LogP contribution is -2.30. The number of fused-ring (bicyclic) bond motifs is 1. The summed E-state index contributed by atoms with van der Waals surface area (Å²) in [4.78, 5) is 21.4. The summed E-state index contributed by atoms with van der Waals surface area (Å²) >= 11 is 0. The molecule has 0 bridgehead atoms. The van der Waals surface area contributed by atoms with Crippen LogP contribution in [0.25, 0.3) is 11.0 Å². The Morgan fingerprint density at radius 1 is 0.962 bits per heavy atom. The molecule has 1 aliphatic rings. The van der Waals surface area contributed by atoms with Gasteiger partial charge in [-0.05, 0) is 36.2 Å². The molecule has 0 saturated carbocycles. The minimum Gasteiger partial charge on any atom is -0.355 e. The lowest BCUT2D eigenvalue weighted by molar-refractivity contribution is 0.285. The summed E-state index contributed by atoms with van der Waals surface area (Å²) in [6, 6.07) is 12.4. The maximum atomic E-state index is 12.1. The van der Waals surface area contributed by atoms with Gasteiger partial charge in [0.2, 0.25) is 0 Å². The van der Waals surface area contributed by atoms with E-state index in [9.17, 15) is 4.79 Å². The molecule has 1 aliphatic heterocycles. The van der Waals surface area contributed by atoms with Gasteiger partial charge in [-0.2, -0.15) is 0 Å². The zero-order valence-electron chi connectivity index (χ0n) is 15.4. The van der Waals surface area contributed by atoms with Gasteiger partial charge < -0.3 is 4.90 Å². The number of pyridine rings is 1. The van der Waals surface area contributed by atoms with Crippen molar-refractivity contribution < 1.29 is 0 Å². The van der Waals surface area contributed by atoms with E-state index in [2.05, 4.69) is 39.0 Å². The second kappa shape index (κ2) is 6.96. The molecule has 0 unspecified atom stereocenters. The first kappa shape index (κ1) is 16.8. The molecule has 136 valence electrons. The van der Waals surface area contributed by atoms with Crippen LogP contribution in [-0.4, -0.2) is 45.2 Å². The lowest BCUT2D eigenvalue weighted by atomic mass is 10.2. The van der Waals surface area contributed by atoms with E-state index in [1.165, 1.54) is 5.56 Å². The molecule has 4 rings (SSSR count). The molecule has 0 spiro atoms. The highest BCUT2D eigenvalue weighted by molar-refractivity contribution is 5.76. The lowest BCUT2D eigenvalue weighted by Gasteiger charge is -2.22. The van der Waals surface area contributed by atoms with Gasteiger partial charge in [-0.3, -0.25) is 14.0 Å². The van der Waals surface area contributed by atoms with Crippen LogP contribution in [0.1, 0.15) is 12.0 Å². The fourth-order valence-corrected chi connectivity index (χ4v) is 3.81. The number of rotatable bonds is 3. The standard InChI is InChI=1S/C20H25N5O/c1-22-17-8-7-16(14-18(17)23(2)20(22)26)15-24-10-5-11-25(13-12-24)19-6-3-4-9-21-19/h3-4,6-9,14H,5,10-13,15H2,1-2H3. The first-order valence-electron chi connectivity index (χ1n) is 9.16. The molecule has 3 heterocycles. The fraction of sp³-hybridized carbons (Fsp3) is 0.400. The second-order valence-corrected chi connectivity index (χ2v) is 7.03. The first-order valence-corrected chi connectivity index (χ1v) is 9.16. The molecule has 6 nitrogen and oxygen atoms in total. The van der Waals surface area contributed by atoms with Gasteiger partial charge in [0.1, 0.15) is 5.82 Å². The number of imidazole rings is 1. The van der Waals surface area contributed by atoms with Gasteiger partial charge in [-0.25, -0.2) is 9.78 Å². The number of aryl methyl sites for hydroxylation is 2. The first-order chi connectivity index (χ1) is 12.6. The van der Waals surface area contributed by atoms with Crippen LogP contribution >= 0.6 is 0 Å². The van der Waals surface area contributed by atoms with E-state index < -0.39 is 0 Å². The normalized spacial score (nSPS) is 16.2. The van der Waals surface area contributed by atoms with E-state index in [0.717, 1.165) is 56.0 Å². The smallest absolute Gasteiger partial charge is 0.328 e. The monoisotopic (exact) mass is 351 g/mol. The van der Waals surface area contributed by atoms with Crippen LogP contribution in [0.4, 0.5) is 5.82 Å². The highest BCUT2D eigenvalue weighted by Gasteiger charge is 2.16. The molecule has 1 saturated heterocycles. The van der Waals surface area contributed by atoms with Crippen molar-refractivity contribution in [1.29, 1.82) is 0 Å². The molecule has 1 fully saturated rings. The third kappa shape index (κ3) is 3.12. The van der Waals surface area contributed by atoms with Crippen LogP contribution in [-0.2, 0) is 20.6 Å². The van der Waals surface area contributed by atoms with Crippen molar-refractivity contribution >= 4 is 16.9 Å². The zero-order valence-corrected chi connectivity index (χ0v) is 15.4. The maximum Gasteiger partial charge on any atom is 0.328 e. The van der Waals surface area contributed by atoms with E-state index in [1.54, 1.807) is 9.13 Å². The molecule has 0 atom stereocenters. The molecule has 1 aromatic carbocycles. The highest BCUT2D eigenvalue weighted by Crippen LogP contribution is 2.18. The van der Waals surface area contributed by atoms with Gasteiger partial charge in [0, 0.05) is 53.0 Å². The third-order valence-corrected chi connectivity index (χ3v) is 5.30. The van der Waals surface area contributed by atoms with Gasteiger partial charge >= 0.3 is 5.69 Å². The predicted octanol–water partition coefficient (Wildman–Crippen LogP) is 1.98. The summed E-state index contributed by atoms with van der Waals surface area (Å²) < 4.78 is 3.43. The minimum atomic E-state index is 0.0259. The predicted molar refractivity (Wildman–Crippen MR) is 105 cm³/mol. The van der Waals surface area contributed by atoms with Crippen molar-refractivity contribution in [1.82, 2.24) is 19.0 Å². The second-order valence-electron chi connectivity index (χ2n) is 7.03. The van der Waals surface area contributed by atoms with Crippen molar-refractivity contribution in [2.45, 2.75) is 13.0 Å². The summed E-state index contributed by atoms with van der Waals surface area (Å²) in [6.07, 6.45) is 2.99. The van der Waals surface area contributed by atoms with E-state index in [0.29, 0.717) is 0 Å². The fourth-order valence-electron chi connectivity index (χ4n) is 3.81. The van der Waals surface area contributed by atoms with Crippen molar-refractivity contribution in [3.63, 3.8) is 0 Å². The largest absolute Gasteiger partial charge is 0.355 e. The van der Waals surface area contributed by atoms with Gasteiger partial charge in [0.15, 0.2) is 0 Å². The Hall–Kier alpha value is -2.60. The zero-order chi connectivity index (χ0) is 18.1. The van der Waals surface area contributed by atoms with Crippen LogP contribution in [0, 0.1) is 0 Å². The number of hydrogen-bond donors (Lipinski definition) is 0. The van der Waals surface area contributed by atoms with E-state index >= 15 is 0 Å². The van der Waals surface area contributed by atoms with Crippen molar-refractivity contribution in [2.75, 3.05) is 31.1 Å². The van der Waals surface area contributed by atoms with Crippen LogP contribution < -0.4 is 10.6 Å². The van der Waals surface area contributed by atoms with E-state index in [1.807, 2.05) is 32.4 Å². The highest BCUT2D eigenvalue weighted by atomic mass is 16.1. The van der Waals surface area contributed by atoms with Crippen molar-refractivity contribution in [3.05, 3.63) is 58.6 Å². The van der Waals surface area contributed by atoms with Gasteiger partial charge in [-0.15, -0.1) is 0 Å². The molecule has 0 amide bonds. The van der Waals surface area contributed by atoms with E-state index in [-0.39, 0.29) is 5.69 Å². The molecule has 2 aromatic heterocycles. The summed E-state index contributed by atoms with van der Waals surface area (Å²) in [7, 11) is 3.66. The minimum absolute atomic E-state index is 0.0259. The summed E-state index contributed by atoms with van der Waals surface area (Å²) in [5.41, 5.74) is 3.27. The molecule has 26 heavy (non-hydrogen) atoms. The average molecular weight is 351 g/mol. The summed E-state index contributed by atoms with van der Waals surface area (Å²) in [5, 5.41) is 0. The number of anilines is 1. The van der Waals surface area contributed by atoms with Crippen molar-refractivity contribution in [2.24, 2.45) is 14.1 Å². The summed E-state index contributed by atoms with van der Waals surface area (Å²) in [5.74, 6) is 1.06. The molecule has 0 aliphatic carbocycles. The van der Waals surface area contributed by atoms with Gasteiger partial charge in [-0.1, -0.05) is 12.1 Å². The van der Waals surface area contributed by atoms with Crippen LogP contribution in [0.5, 0.6) is 0 Å². The van der Waals surface area contributed by atoms with Crippen molar-refractivity contribution in [3.8, 4) is 0 Å². The Kier molecular flexibility index (Phi) is 4.51. The third-order valence-electron chi connectivity index (χ3n) is 5.30. The molecule has 6 heteroatoms. The molecule has 0 N–H and O–H groups in total. The Morgan fingerprint density at radius 2 is 1.81 bits per heavy atom. The maximum absolute atomic E-state index is 12.1. The molecule has 3 aromatic rings. The van der Waals surface area contributed by atoms with Crippen LogP contribution in [0.3, 0.4) is 0 Å². The Labute approximate surface area is 153 Å². The Bertz CT molecular complexity index is 959. The number of aromatic nitrogens is 3. The SMILES string of the molecule is Cn1c(=O)n(C)c2cc(CN3CCCN(c4ccccn4)CC3)ccc21. The number of hydrogen-bond acceptors (Lipinski definition) is 4. The number of nitrogens with zero attached hydrogens (tertiary/aromatic N) is 5. The van der Waals surface area contributed by atoms with Crippen LogP contribution in [0.15, 0.2) is 47.4 Å². The number of benzene rings is 1. The Morgan fingerprint density at radius 3 is 2.62 bits per heavy atom. The molecular formula is C20H25N5O. The van der Waals surface area contributed by atoms with E-state index in [4.69, 9.17) is 0 Å². The van der Waals surface area contributed by atoms with Crippen LogP contribution in [0.2, 0.25) is 0 Å². The quantitative estimate of drug-likeness (QED) is 0.724. The average Bonchev–Trinajstić information content (AvgIpc) is 2.85. The van der Waals surface area contributed by atoms with Gasteiger partial charge in [0.05, 0.1) is 11.0 Å². The van der Waals surface area contributed by atoms with Gasteiger partial charge in [0.25, 0.3) is 0 Å².